The molecule has 114 valence electrons. The Labute approximate surface area is 130 Å². The second kappa shape index (κ2) is 8.46. The molecule has 22 heavy (non-hydrogen) atoms. The van der Waals surface area contributed by atoms with Gasteiger partial charge in [-0.3, -0.25) is 4.79 Å². The van der Waals surface area contributed by atoms with E-state index >= 15 is 0 Å². The minimum absolute atomic E-state index is 0.0143. The molecule has 0 fully saturated rings. The lowest BCUT2D eigenvalue weighted by atomic mass is 10.1. The van der Waals surface area contributed by atoms with Gasteiger partial charge in [0, 0.05) is 12.2 Å². The Morgan fingerprint density at radius 1 is 1.00 bits per heavy atom. The topological polar surface area (TPSA) is 79.5 Å². The van der Waals surface area contributed by atoms with Crippen molar-refractivity contribution < 1.29 is 4.79 Å². The number of benzene rings is 2. The van der Waals surface area contributed by atoms with Crippen LogP contribution >= 0.6 is 0 Å². The van der Waals surface area contributed by atoms with Crippen LogP contribution in [-0.2, 0) is 11.2 Å². The Hall–Kier alpha value is -2.82. The third kappa shape index (κ3) is 5.66. The number of amides is 1. The molecule has 0 saturated carbocycles. The fourth-order valence-electron chi connectivity index (χ4n) is 1.91. The molecule has 2 aromatic carbocycles. The van der Waals surface area contributed by atoms with Crippen LogP contribution in [0.4, 0.5) is 5.69 Å². The zero-order valence-electron chi connectivity index (χ0n) is 12.3. The van der Waals surface area contributed by atoms with E-state index in [1.807, 2.05) is 60.7 Å². The van der Waals surface area contributed by atoms with Gasteiger partial charge in [-0.15, -0.1) is 0 Å². The van der Waals surface area contributed by atoms with Gasteiger partial charge in [0.1, 0.15) is 6.54 Å². The molecule has 0 aliphatic heterocycles. The Balaban J connectivity index is 1.69. The molecule has 2 aromatic rings. The summed E-state index contributed by atoms with van der Waals surface area (Å²) in [6.45, 7) is 0.602. The lowest BCUT2D eigenvalue weighted by Crippen LogP contribution is -2.30. The van der Waals surface area contributed by atoms with E-state index in [-0.39, 0.29) is 18.4 Å². The largest absolute Gasteiger partial charge is 0.370 e. The zero-order valence-corrected chi connectivity index (χ0v) is 12.3. The van der Waals surface area contributed by atoms with Crippen molar-refractivity contribution in [3.63, 3.8) is 0 Å². The first-order valence-electron chi connectivity index (χ1n) is 7.16. The molecule has 0 atom stereocenters. The summed E-state index contributed by atoms with van der Waals surface area (Å²) >= 11 is 0. The summed E-state index contributed by atoms with van der Waals surface area (Å²) in [5, 5.41) is 5.75. The predicted molar refractivity (Wildman–Crippen MR) is 89.7 cm³/mol. The smallest absolute Gasteiger partial charge is 0.241 e. The number of guanidine groups is 1. The second-order valence-corrected chi connectivity index (χ2v) is 4.78. The molecule has 5 nitrogen and oxygen atoms in total. The van der Waals surface area contributed by atoms with Crippen molar-refractivity contribution in [2.75, 3.05) is 18.4 Å². The van der Waals surface area contributed by atoms with Gasteiger partial charge in [0.05, 0.1) is 0 Å². The number of anilines is 1. The summed E-state index contributed by atoms with van der Waals surface area (Å²) in [4.78, 5) is 15.7. The number of hydrogen-bond acceptors (Lipinski definition) is 2. The summed E-state index contributed by atoms with van der Waals surface area (Å²) in [6, 6.07) is 19.5. The van der Waals surface area contributed by atoms with Crippen LogP contribution in [0.1, 0.15) is 5.56 Å². The molecule has 0 aliphatic carbocycles. The number of nitrogens with two attached hydrogens (primary N) is 1. The van der Waals surface area contributed by atoms with Gasteiger partial charge in [-0.05, 0) is 24.1 Å². The molecule has 5 heteroatoms. The van der Waals surface area contributed by atoms with Gasteiger partial charge in [-0.25, -0.2) is 4.99 Å². The van der Waals surface area contributed by atoms with E-state index in [2.05, 4.69) is 15.6 Å². The van der Waals surface area contributed by atoms with E-state index in [4.69, 9.17) is 5.73 Å². The van der Waals surface area contributed by atoms with Crippen LogP contribution in [0.2, 0.25) is 0 Å². The van der Waals surface area contributed by atoms with E-state index in [9.17, 15) is 4.79 Å². The molecule has 0 spiro atoms. The third-order valence-electron chi connectivity index (χ3n) is 3.02. The number of carbonyl (C=O) groups is 1. The normalized spacial score (nSPS) is 11.0. The van der Waals surface area contributed by atoms with Crippen LogP contribution in [0, 0.1) is 0 Å². The molecule has 0 heterocycles. The molecular formula is C17H20N4O. The van der Waals surface area contributed by atoms with Gasteiger partial charge in [-0.2, -0.15) is 0 Å². The maximum absolute atomic E-state index is 11.7. The number of hydrogen-bond donors (Lipinski definition) is 3. The van der Waals surface area contributed by atoms with Crippen molar-refractivity contribution in [1.29, 1.82) is 0 Å². The lowest BCUT2D eigenvalue weighted by molar-refractivity contribution is -0.119. The number of carbonyl (C=O) groups excluding carboxylic acids is 1. The average molecular weight is 296 g/mol. The maximum atomic E-state index is 11.7. The Morgan fingerprint density at radius 2 is 1.64 bits per heavy atom. The molecule has 4 N–H and O–H groups in total. The predicted octanol–water partition coefficient (Wildman–Crippen LogP) is 1.77. The molecule has 1 amide bonds. The van der Waals surface area contributed by atoms with Crippen LogP contribution in [-0.4, -0.2) is 25.0 Å². The SMILES string of the molecule is NC(=NCC(=O)NCCc1ccccc1)Nc1ccccc1. The van der Waals surface area contributed by atoms with Gasteiger partial charge >= 0.3 is 0 Å². The third-order valence-corrected chi connectivity index (χ3v) is 3.02. The lowest BCUT2D eigenvalue weighted by Gasteiger charge is -2.06. The number of rotatable bonds is 6. The molecule has 0 aromatic heterocycles. The number of nitrogens with zero attached hydrogens (tertiary/aromatic N) is 1. The quantitative estimate of drug-likeness (QED) is 0.561. The minimum atomic E-state index is -0.145. The van der Waals surface area contributed by atoms with Gasteiger partial charge < -0.3 is 16.4 Å². The molecule has 0 saturated heterocycles. The van der Waals surface area contributed by atoms with Crippen molar-refractivity contribution >= 4 is 17.6 Å². The van der Waals surface area contributed by atoms with Gasteiger partial charge in [0.25, 0.3) is 0 Å². The molecule has 0 unspecified atom stereocenters. The Morgan fingerprint density at radius 3 is 2.32 bits per heavy atom. The fourth-order valence-corrected chi connectivity index (χ4v) is 1.91. The van der Waals surface area contributed by atoms with Gasteiger partial charge in [0.2, 0.25) is 5.91 Å². The summed E-state index contributed by atoms with van der Waals surface area (Å²) in [5.74, 6) is 0.0816. The van der Waals surface area contributed by atoms with Crippen molar-refractivity contribution in [1.82, 2.24) is 5.32 Å². The first-order chi connectivity index (χ1) is 10.7. The highest BCUT2D eigenvalue weighted by molar-refractivity contribution is 5.93. The minimum Gasteiger partial charge on any atom is -0.370 e. The molecule has 2 rings (SSSR count). The maximum Gasteiger partial charge on any atom is 0.241 e. The summed E-state index contributed by atoms with van der Waals surface area (Å²) in [7, 11) is 0. The second-order valence-electron chi connectivity index (χ2n) is 4.78. The van der Waals surface area contributed by atoms with E-state index in [0.717, 1.165) is 12.1 Å². The van der Waals surface area contributed by atoms with Crippen LogP contribution in [0.15, 0.2) is 65.7 Å². The van der Waals surface area contributed by atoms with E-state index in [0.29, 0.717) is 6.54 Å². The van der Waals surface area contributed by atoms with E-state index in [1.54, 1.807) is 0 Å². The average Bonchev–Trinajstić information content (AvgIpc) is 2.55. The monoisotopic (exact) mass is 296 g/mol. The van der Waals surface area contributed by atoms with Crippen molar-refractivity contribution in [2.45, 2.75) is 6.42 Å². The van der Waals surface area contributed by atoms with Crippen molar-refractivity contribution in [3.8, 4) is 0 Å². The van der Waals surface area contributed by atoms with Gasteiger partial charge in [0.15, 0.2) is 5.96 Å². The Kier molecular flexibility index (Phi) is 5.99. The summed E-state index contributed by atoms with van der Waals surface area (Å²) < 4.78 is 0. The highest BCUT2D eigenvalue weighted by atomic mass is 16.1. The van der Waals surface area contributed by atoms with Crippen LogP contribution < -0.4 is 16.4 Å². The standard InChI is InChI=1S/C17H20N4O/c18-17(21-15-9-5-2-6-10-15)20-13-16(22)19-12-11-14-7-3-1-4-8-14/h1-10H,11-13H2,(H,19,22)(H3,18,20,21). The van der Waals surface area contributed by atoms with Crippen LogP contribution in [0.3, 0.4) is 0 Å². The van der Waals surface area contributed by atoms with Crippen LogP contribution in [0.5, 0.6) is 0 Å². The summed E-state index contributed by atoms with van der Waals surface area (Å²) in [6.07, 6.45) is 0.800. The summed E-state index contributed by atoms with van der Waals surface area (Å²) in [5.41, 5.74) is 7.76. The molecular weight excluding hydrogens is 276 g/mol. The highest BCUT2D eigenvalue weighted by Crippen LogP contribution is 2.03. The molecule has 0 radical (unpaired) electrons. The van der Waals surface area contributed by atoms with E-state index < -0.39 is 0 Å². The van der Waals surface area contributed by atoms with Crippen molar-refractivity contribution in [3.05, 3.63) is 66.2 Å². The highest BCUT2D eigenvalue weighted by Gasteiger charge is 2.00. The number of aliphatic imine (C=N–C) groups is 1. The first-order valence-corrected chi connectivity index (χ1v) is 7.16. The number of para-hydroxylation sites is 1. The zero-order chi connectivity index (χ0) is 15.6. The van der Waals surface area contributed by atoms with Crippen LogP contribution in [0.25, 0.3) is 0 Å². The van der Waals surface area contributed by atoms with Gasteiger partial charge in [-0.1, -0.05) is 48.5 Å². The number of nitrogens with one attached hydrogen (secondary N) is 2. The molecule has 0 aliphatic rings. The van der Waals surface area contributed by atoms with Crippen molar-refractivity contribution in [2.24, 2.45) is 10.7 Å². The molecule has 0 bridgehead atoms. The Bertz CT molecular complexity index is 611. The first kappa shape index (κ1) is 15.6. The fraction of sp³-hybridized carbons (Fsp3) is 0.176. The van der Waals surface area contributed by atoms with E-state index in [1.165, 1.54) is 5.56 Å².